The number of rotatable bonds is 7. The molecule has 35 heavy (non-hydrogen) atoms. The highest BCUT2D eigenvalue weighted by Gasteiger charge is 2.24. The zero-order chi connectivity index (χ0) is 25.4. The molecule has 0 unspecified atom stereocenters. The summed E-state index contributed by atoms with van der Waals surface area (Å²) in [6.07, 6.45) is 6.95. The van der Waals surface area contributed by atoms with Crippen LogP contribution in [0.15, 0.2) is 46.9 Å². The number of thiazole rings is 1. The van der Waals surface area contributed by atoms with Crippen LogP contribution in [0.3, 0.4) is 0 Å². The summed E-state index contributed by atoms with van der Waals surface area (Å²) in [4.78, 5) is 19.9. The molecular weight excluding hydrogens is 493 g/mol. The molecule has 0 fully saturated rings. The van der Waals surface area contributed by atoms with E-state index in [2.05, 4.69) is 34.6 Å². The van der Waals surface area contributed by atoms with Crippen LogP contribution < -0.4 is 9.46 Å². The number of methoxy groups -OCH3 is 1. The smallest absolute Gasteiger partial charge is 0.338 e. The summed E-state index contributed by atoms with van der Waals surface area (Å²) in [7, 11) is -2.97. The number of hydrogen-bond donors (Lipinski definition) is 2. The number of anilines is 1. The van der Waals surface area contributed by atoms with E-state index in [9.17, 15) is 17.6 Å². The molecule has 0 radical (unpaired) electrons. The van der Waals surface area contributed by atoms with E-state index >= 15 is 0 Å². The van der Waals surface area contributed by atoms with Gasteiger partial charge in [-0.25, -0.2) is 14.2 Å². The number of benzene rings is 1. The molecule has 0 bridgehead atoms. The number of carboxylic acids is 1. The Labute approximate surface area is 206 Å². The number of halogens is 1. The maximum absolute atomic E-state index is 14.1. The Morgan fingerprint density at radius 1 is 1.29 bits per heavy atom. The number of carbonyl (C=O) groups is 1. The van der Waals surface area contributed by atoms with Crippen LogP contribution in [0.2, 0.25) is 0 Å². The van der Waals surface area contributed by atoms with Crippen molar-refractivity contribution in [3.8, 4) is 16.3 Å². The number of hydrogen-bond acceptors (Lipinski definition) is 7. The van der Waals surface area contributed by atoms with Gasteiger partial charge in [0.05, 0.1) is 24.1 Å². The summed E-state index contributed by atoms with van der Waals surface area (Å²) in [5.74, 6) is -2.73. The Hall–Kier alpha value is -3.31. The van der Waals surface area contributed by atoms with E-state index in [1.807, 2.05) is 12.1 Å². The van der Waals surface area contributed by atoms with Gasteiger partial charge in [0, 0.05) is 23.2 Å². The lowest BCUT2D eigenvalue weighted by atomic mass is 9.78. The third kappa shape index (κ3) is 5.35. The highest BCUT2D eigenvalue weighted by atomic mass is 32.2. The van der Waals surface area contributed by atoms with Gasteiger partial charge in [-0.05, 0) is 48.4 Å². The first kappa shape index (κ1) is 24.8. The summed E-state index contributed by atoms with van der Waals surface area (Å²) in [6, 6.07) is 5.44. The van der Waals surface area contributed by atoms with E-state index in [0.29, 0.717) is 16.0 Å². The molecule has 0 spiro atoms. The predicted octanol–water partition coefficient (Wildman–Crippen LogP) is 5.45. The fourth-order valence-electron chi connectivity index (χ4n) is 3.70. The minimum atomic E-state index is -4.19. The first-order chi connectivity index (χ1) is 16.5. The molecule has 1 aromatic carbocycles. The predicted molar refractivity (Wildman–Crippen MR) is 132 cm³/mol. The molecule has 2 aromatic heterocycles. The van der Waals surface area contributed by atoms with Gasteiger partial charge in [-0.3, -0.25) is 9.71 Å². The quantitative estimate of drug-likeness (QED) is 0.428. The molecule has 4 rings (SSSR count). The van der Waals surface area contributed by atoms with Crippen molar-refractivity contribution in [3.63, 3.8) is 0 Å². The van der Waals surface area contributed by atoms with Crippen LogP contribution in [0.5, 0.6) is 5.75 Å². The van der Waals surface area contributed by atoms with Crippen molar-refractivity contribution in [2.24, 2.45) is 5.41 Å². The molecular formula is C24H24FN3O5S2. The molecule has 3 aromatic rings. The fourth-order valence-corrected chi connectivity index (χ4v) is 5.84. The van der Waals surface area contributed by atoms with Gasteiger partial charge in [0.25, 0.3) is 10.0 Å². The molecule has 1 aliphatic rings. The first-order valence-corrected chi connectivity index (χ1v) is 13.1. The summed E-state index contributed by atoms with van der Waals surface area (Å²) < 4.78 is 47.1. The molecule has 0 saturated carbocycles. The van der Waals surface area contributed by atoms with E-state index in [-0.39, 0.29) is 16.5 Å². The van der Waals surface area contributed by atoms with Crippen molar-refractivity contribution in [2.75, 3.05) is 11.8 Å². The number of sulfonamides is 1. The van der Waals surface area contributed by atoms with E-state index in [4.69, 9.17) is 9.84 Å². The van der Waals surface area contributed by atoms with Gasteiger partial charge in [-0.15, -0.1) is 11.3 Å². The number of nitrogens with one attached hydrogen (secondary N) is 1. The Morgan fingerprint density at radius 3 is 2.66 bits per heavy atom. The second-order valence-electron chi connectivity index (χ2n) is 8.96. The third-order valence-corrected chi connectivity index (χ3v) is 8.12. The average molecular weight is 518 g/mol. The molecule has 11 heteroatoms. The van der Waals surface area contributed by atoms with Crippen molar-refractivity contribution in [1.29, 1.82) is 0 Å². The summed E-state index contributed by atoms with van der Waals surface area (Å²) in [6.45, 7) is 4.49. The minimum absolute atomic E-state index is 0.136. The van der Waals surface area contributed by atoms with Crippen LogP contribution in [0.25, 0.3) is 16.1 Å². The van der Waals surface area contributed by atoms with Gasteiger partial charge in [0.15, 0.2) is 5.03 Å². The van der Waals surface area contributed by atoms with E-state index in [1.165, 1.54) is 18.1 Å². The maximum atomic E-state index is 14.1. The fraction of sp³-hybridized carbons (Fsp3) is 0.292. The normalized spacial score (nSPS) is 15.4. The Bertz CT molecular complexity index is 1410. The lowest BCUT2D eigenvalue weighted by molar-refractivity contribution is 0.0691. The molecule has 0 aliphatic heterocycles. The van der Waals surface area contributed by atoms with Gasteiger partial charge in [0.2, 0.25) is 0 Å². The molecule has 0 saturated heterocycles. The van der Waals surface area contributed by atoms with Crippen LogP contribution in [-0.2, 0) is 10.0 Å². The third-order valence-electron chi connectivity index (χ3n) is 5.83. The van der Waals surface area contributed by atoms with Gasteiger partial charge in [-0.1, -0.05) is 19.9 Å². The lowest BCUT2D eigenvalue weighted by Gasteiger charge is -2.28. The van der Waals surface area contributed by atoms with Crippen LogP contribution >= 0.6 is 11.3 Å². The maximum Gasteiger partial charge on any atom is 0.338 e. The van der Waals surface area contributed by atoms with Gasteiger partial charge in [0.1, 0.15) is 16.6 Å². The largest absolute Gasteiger partial charge is 0.495 e. The second kappa shape index (κ2) is 9.38. The number of aromatic carboxylic acids is 1. The summed E-state index contributed by atoms with van der Waals surface area (Å²) in [5, 5.41) is 10.6. The second-order valence-corrected chi connectivity index (χ2v) is 11.5. The molecule has 2 N–H and O–H groups in total. The number of aromatic nitrogens is 2. The minimum Gasteiger partial charge on any atom is -0.495 e. The molecule has 184 valence electrons. The van der Waals surface area contributed by atoms with Gasteiger partial charge < -0.3 is 9.84 Å². The molecule has 8 nitrogen and oxygen atoms in total. The average Bonchev–Trinajstić information content (AvgIpc) is 3.30. The molecule has 2 heterocycles. The summed E-state index contributed by atoms with van der Waals surface area (Å²) in [5.41, 5.74) is 2.20. The Kier molecular flexibility index (Phi) is 6.65. The highest BCUT2D eigenvalue weighted by molar-refractivity contribution is 7.92. The lowest BCUT2D eigenvalue weighted by Crippen LogP contribution is -2.15. The highest BCUT2D eigenvalue weighted by Crippen LogP contribution is 2.38. The van der Waals surface area contributed by atoms with Crippen molar-refractivity contribution in [2.45, 2.75) is 38.1 Å². The zero-order valence-electron chi connectivity index (χ0n) is 19.3. The van der Waals surface area contributed by atoms with Crippen LogP contribution in [0.1, 0.15) is 49.2 Å². The van der Waals surface area contributed by atoms with Gasteiger partial charge >= 0.3 is 5.97 Å². The number of allylic oxidation sites excluding steroid dienone is 2. The molecule has 0 amide bonds. The van der Waals surface area contributed by atoms with Crippen LogP contribution in [0.4, 0.5) is 10.1 Å². The molecule has 1 aliphatic carbocycles. The van der Waals surface area contributed by atoms with Crippen molar-refractivity contribution >= 4 is 38.6 Å². The number of ether oxygens (including phenoxy) is 1. The van der Waals surface area contributed by atoms with Gasteiger partial charge in [-0.2, -0.15) is 8.42 Å². The summed E-state index contributed by atoms with van der Waals surface area (Å²) >= 11 is 1.13. The monoisotopic (exact) mass is 517 g/mol. The van der Waals surface area contributed by atoms with Crippen molar-refractivity contribution in [3.05, 3.63) is 59.0 Å². The first-order valence-electron chi connectivity index (χ1n) is 10.7. The number of carboxylic acid groups (broad SMARTS) is 1. The van der Waals surface area contributed by atoms with Crippen molar-refractivity contribution in [1.82, 2.24) is 9.97 Å². The topological polar surface area (TPSA) is 118 Å². The van der Waals surface area contributed by atoms with E-state index < -0.39 is 27.4 Å². The zero-order valence-corrected chi connectivity index (χ0v) is 21.0. The van der Waals surface area contributed by atoms with E-state index in [0.717, 1.165) is 48.4 Å². The van der Waals surface area contributed by atoms with E-state index in [1.54, 1.807) is 6.20 Å². The number of nitrogens with zero attached hydrogens (tertiary/aromatic N) is 2. The SMILES string of the molecule is COc1cc(C(=O)O)c(F)cc1NS(=O)(=O)c1csc(-c2ccc(C3=CCC(C)(C)CC3)nc2)n1. The van der Waals surface area contributed by atoms with Crippen LogP contribution in [-0.4, -0.2) is 36.6 Å². The standard InChI is InChI=1S/C24H24FN3O5S2/c1-24(2)8-6-14(7-9-24)18-5-4-15(12-26-18)22-27-21(13-34-22)35(31,32)28-19-11-17(25)16(23(29)30)10-20(19)33-3/h4-6,10-13,28H,7-9H2,1-3H3,(H,29,30). The Morgan fingerprint density at radius 2 is 2.06 bits per heavy atom. The Balaban J connectivity index is 1.55. The van der Waals surface area contributed by atoms with Crippen LogP contribution in [0, 0.1) is 11.2 Å². The molecule has 0 atom stereocenters. The number of pyridine rings is 1. The van der Waals surface area contributed by atoms with Crippen molar-refractivity contribution < 1.29 is 27.4 Å².